The first kappa shape index (κ1) is 22.2. The fourth-order valence-electron chi connectivity index (χ4n) is 3.70. The fourth-order valence-corrected chi connectivity index (χ4v) is 3.88. The normalized spacial score (nSPS) is 14.5. The van der Waals surface area contributed by atoms with Crippen molar-refractivity contribution in [3.8, 4) is 0 Å². The van der Waals surface area contributed by atoms with E-state index in [4.69, 9.17) is 11.6 Å². The Balaban J connectivity index is 1.49. The third-order valence-electron chi connectivity index (χ3n) is 5.39. The minimum absolute atomic E-state index is 0.00933. The number of nitro benzene ring substituents is 1. The Kier molecular flexibility index (Phi) is 5.71. The number of rotatable bonds is 5. The minimum Gasteiger partial charge on any atom is -0.324 e. The standard InChI is InChI=1S/C24H16ClFN6O3/c25-18-11-8-16(12-21(18)32(34)35)22(33)28-23-29-24-27-19(14-4-2-1-3-5-14)13-20(31(24)30-23)15-6-9-17(26)10-7-15/h1-13,20H,(H2,27,28,29,30,33)/t20-/m1/s1. The average molecular weight is 491 g/mol. The van der Waals surface area contributed by atoms with E-state index < -0.39 is 16.9 Å². The van der Waals surface area contributed by atoms with Crippen molar-refractivity contribution < 1.29 is 14.1 Å². The Hall–Kier alpha value is -4.57. The predicted molar refractivity (Wildman–Crippen MR) is 129 cm³/mol. The molecule has 3 aromatic carbocycles. The van der Waals surface area contributed by atoms with E-state index >= 15 is 0 Å². The van der Waals surface area contributed by atoms with E-state index in [1.165, 1.54) is 24.3 Å². The summed E-state index contributed by atoms with van der Waals surface area (Å²) in [7, 11) is 0. The highest BCUT2D eigenvalue weighted by atomic mass is 35.5. The zero-order valence-electron chi connectivity index (χ0n) is 17.9. The van der Waals surface area contributed by atoms with E-state index in [-0.39, 0.29) is 28.0 Å². The summed E-state index contributed by atoms with van der Waals surface area (Å²) in [5, 5.41) is 21.3. The Labute approximate surface area is 203 Å². The van der Waals surface area contributed by atoms with Gasteiger partial charge in [0.15, 0.2) is 0 Å². The van der Waals surface area contributed by atoms with Crippen molar-refractivity contribution in [1.29, 1.82) is 0 Å². The van der Waals surface area contributed by atoms with E-state index in [1.807, 2.05) is 36.4 Å². The summed E-state index contributed by atoms with van der Waals surface area (Å²) < 4.78 is 15.1. The maximum atomic E-state index is 13.5. The number of allylic oxidation sites excluding steroid dienone is 1. The number of aromatic nitrogens is 3. The zero-order valence-corrected chi connectivity index (χ0v) is 18.6. The molecule has 9 nitrogen and oxygen atoms in total. The van der Waals surface area contributed by atoms with Crippen LogP contribution in [0, 0.1) is 15.9 Å². The van der Waals surface area contributed by atoms with Crippen LogP contribution in [-0.2, 0) is 0 Å². The molecule has 4 aromatic rings. The molecule has 0 unspecified atom stereocenters. The Morgan fingerprint density at radius 1 is 1.11 bits per heavy atom. The number of benzene rings is 3. The largest absolute Gasteiger partial charge is 0.324 e. The Bertz CT molecular complexity index is 1470. The first-order chi connectivity index (χ1) is 16.9. The van der Waals surface area contributed by atoms with Crippen molar-refractivity contribution in [3.63, 3.8) is 0 Å². The zero-order chi connectivity index (χ0) is 24.5. The second-order valence-electron chi connectivity index (χ2n) is 7.65. The van der Waals surface area contributed by atoms with E-state index in [1.54, 1.807) is 16.8 Å². The maximum absolute atomic E-state index is 13.5. The van der Waals surface area contributed by atoms with Crippen LogP contribution in [0.15, 0.2) is 78.9 Å². The van der Waals surface area contributed by atoms with Crippen LogP contribution >= 0.6 is 11.6 Å². The molecule has 1 aromatic heterocycles. The van der Waals surface area contributed by atoms with Gasteiger partial charge in [-0.25, -0.2) is 9.07 Å². The van der Waals surface area contributed by atoms with Gasteiger partial charge in [-0.05, 0) is 41.5 Å². The first-order valence-electron chi connectivity index (χ1n) is 10.4. The minimum atomic E-state index is -0.666. The van der Waals surface area contributed by atoms with Gasteiger partial charge in [0.05, 0.1) is 4.92 Å². The van der Waals surface area contributed by atoms with E-state index in [0.717, 1.165) is 22.9 Å². The van der Waals surface area contributed by atoms with Crippen molar-refractivity contribution in [2.24, 2.45) is 0 Å². The Morgan fingerprint density at radius 2 is 1.86 bits per heavy atom. The number of carbonyl (C=O) groups excluding carboxylic acids is 1. The predicted octanol–water partition coefficient (Wildman–Crippen LogP) is 5.29. The molecule has 0 fully saturated rings. The van der Waals surface area contributed by atoms with E-state index in [9.17, 15) is 19.3 Å². The molecule has 5 rings (SSSR count). The summed E-state index contributed by atoms with van der Waals surface area (Å²) in [6.07, 6.45) is 1.93. The number of amides is 1. The van der Waals surface area contributed by atoms with Gasteiger partial charge in [-0.1, -0.05) is 54.1 Å². The van der Waals surface area contributed by atoms with Crippen LogP contribution in [0.5, 0.6) is 0 Å². The second-order valence-corrected chi connectivity index (χ2v) is 8.06. The highest BCUT2D eigenvalue weighted by molar-refractivity contribution is 6.32. The molecule has 2 heterocycles. The van der Waals surface area contributed by atoms with Gasteiger partial charge in [0.25, 0.3) is 17.5 Å². The topological polar surface area (TPSA) is 115 Å². The van der Waals surface area contributed by atoms with Crippen LogP contribution in [0.4, 0.5) is 22.0 Å². The molecule has 0 saturated carbocycles. The third-order valence-corrected chi connectivity index (χ3v) is 5.71. The number of carbonyl (C=O) groups is 1. The van der Waals surface area contributed by atoms with Gasteiger partial charge in [-0.2, -0.15) is 4.98 Å². The molecule has 1 atom stereocenters. The number of fused-ring (bicyclic) bond motifs is 1. The van der Waals surface area contributed by atoms with Crippen LogP contribution in [0.3, 0.4) is 0 Å². The molecule has 0 radical (unpaired) electrons. The number of hydrogen-bond donors (Lipinski definition) is 2. The summed E-state index contributed by atoms with van der Waals surface area (Å²) in [5.74, 6) is -0.649. The molecule has 174 valence electrons. The SMILES string of the molecule is O=C(Nc1nc2n(n1)[C@@H](c1ccc(F)cc1)C=C(c1ccccc1)N2)c1ccc(Cl)c([N+](=O)[O-])c1. The Morgan fingerprint density at radius 3 is 2.57 bits per heavy atom. The van der Waals surface area contributed by atoms with Gasteiger partial charge in [0, 0.05) is 17.3 Å². The van der Waals surface area contributed by atoms with Gasteiger partial charge in [-0.3, -0.25) is 20.2 Å². The van der Waals surface area contributed by atoms with Crippen molar-refractivity contribution in [3.05, 3.63) is 117 Å². The van der Waals surface area contributed by atoms with Gasteiger partial charge in [0.1, 0.15) is 16.9 Å². The van der Waals surface area contributed by atoms with Crippen LogP contribution in [0.1, 0.15) is 27.5 Å². The van der Waals surface area contributed by atoms with Gasteiger partial charge in [-0.15, -0.1) is 5.10 Å². The second kappa shape index (κ2) is 8.99. The summed E-state index contributed by atoms with van der Waals surface area (Å²) in [5.41, 5.74) is 2.09. The molecule has 0 spiro atoms. The summed E-state index contributed by atoms with van der Waals surface area (Å²) in [6.45, 7) is 0. The van der Waals surface area contributed by atoms with Crippen molar-refractivity contribution in [2.75, 3.05) is 10.6 Å². The summed E-state index contributed by atoms with van der Waals surface area (Å²) >= 11 is 5.83. The van der Waals surface area contributed by atoms with Crippen molar-refractivity contribution >= 4 is 40.8 Å². The molecule has 0 saturated heterocycles. The molecule has 0 bridgehead atoms. The molecular weight excluding hydrogens is 475 g/mol. The van der Waals surface area contributed by atoms with Crippen LogP contribution in [-0.4, -0.2) is 25.6 Å². The maximum Gasteiger partial charge on any atom is 0.288 e. The number of anilines is 2. The highest BCUT2D eigenvalue weighted by Gasteiger charge is 2.26. The molecule has 35 heavy (non-hydrogen) atoms. The molecule has 0 aliphatic carbocycles. The monoisotopic (exact) mass is 490 g/mol. The van der Waals surface area contributed by atoms with Crippen LogP contribution in [0.25, 0.3) is 5.70 Å². The number of nitrogens with zero attached hydrogens (tertiary/aromatic N) is 4. The number of nitrogens with one attached hydrogen (secondary N) is 2. The van der Waals surface area contributed by atoms with Crippen LogP contribution in [0.2, 0.25) is 5.02 Å². The third kappa shape index (κ3) is 4.46. The van der Waals surface area contributed by atoms with Crippen molar-refractivity contribution in [2.45, 2.75) is 6.04 Å². The van der Waals surface area contributed by atoms with Crippen molar-refractivity contribution in [1.82, 2.24) is 14.8 Å². The first-order valence-corrected chi connectivity index (χ1v) is 10.8. The molecular formula is C24H16ClFN6O3. The number of nitro groups is 1. The lowest BCUT2D eigenvalue weighted by atomic mass is 10.0. The fraction of sp³-hybridized carbons (Fsp3) is 0.0417. The molecule has 1 aliphatic rings. The lowest BCUT2D eigenvalue weighted by Gasteiger charge is -2.24. The quantitative estimate of drug-likeness (QED) is 0.290. The lowest BCUT2D eigenvalue weighted by Crippen LogP contribution is -2.20. The smallest absolute Gasteiger partial charge is 0.288 e. The van der Waals surface area contributed by atoms with Crippen LogP contribution < -0.4 is 10.6 Å². The highest BCUT2D eigenvalue weighted by Crippen LogP contribution is 2.33. The number of hydrogen-bond acceptors (Lipinski definition) is 6. The summed E-state index contributed by atoms with van der Waals surface area (Å²) in [6, 6.07) is 18.9. The van der Waals surface area contributed by atoms with Gasteiger partial charge in [0.2, 0.25) is 5.95 Å². The molecule has 11 heteroatoms. The molecule has 2 N–H and O–H groups in total. The van der Waals surface area contributed by atoms with Gasteiger partial charge < -0.3 is 5.32 Å². The average Bonchev–Trinajstić information content (AvgIpc) is 3.27. The van der Waals surface area contributed by atoms with E-state index in [0.29, 0.717) is 5.95 Å². The molecule has 1 aliphatic heterocycles. The summed E-state index contributed by atoms with van der Waals surface area (Å²) in [4.78, 5) is 27.6. The van der Waals surface area contributed by atoms with Gasteiger partial charge >= 0.3 is 0 Å². The van der Waals surface area contributed by atoms with E-state index in [2.05, 4.69) is 20.7 Å². The molecule has 1 amide bonds. The lowest BCUT2D eigenvalue weighted by molar-refractivity contribution is -0.384. The number of halogens is 2.